The third-order valence-corrected chi connectivity index (χ3v) is 13.7. The molecule has 0 atom stereocenters. The van der Waals surface area contributed by atoms with Crippen molar-refractivity contribution in [3.63, 3.8) is 0 Å². The second-order valence-corrected chi connectivity index (χ2v) is 18.9. The van der Waals surface area contributed by atoms with Gasteiger partial charge >= 0.3 is 12.1 Å². The van der Waals surface area contributed by atoms with Gasteiger partial charge in [-0.25, -0.2) is 37.9 Å². The van der Waals surface area contributed by atoms with Crippen molar-refractivity contribution in [1.82, 2.24) is 19.9 Å². The first-order valence-electron chi connectivity index (χ1n) is 17.9. The molecule has 0 unspecified atom stereocenters. The number of pyridine rings is 2. The van der Waals surface area contributed by atoms with Crippen LogP contribution in [0.4, 0.5) is 31.4 Å². The van der Waals surface area contributed by atoms with E-state index in [9.17, 15) is 27.6 Å². The molecule has 56 heavy (non-hydrogen) atoms. The number of carbonyl (C=O) groups excluding carboxylic acids is 4. The first kappa shape index (κ1) is 40.6. The molecule has 5 aromatic rings. The van der Waals surface area contributed by atoms with Crippen LogP contribution in [0.15, 0.2) is 86.8 Å². The number of Topliss-reactive ketones (excluding diaryl/α,β-unsaturated/α-hetero) is 2. The second kappa shape index (κ2) is 18.7. The Bertz CT molecular complexity index is 2300. The normalized spacial score (nSPS) is 14.4. The fourth-order valence-electron chi connectivity index (χ4n) is 6.34. The number of ketones is 2. The van der Waals surface area contributed by atoms with E-state index in [4.69, 9.17) is 0 Å². The van der Waals surface area contributed by atoms with Gasteiger partial charge in [0.25, 0.3) is 0 Å². The molecule has 1 aromatic carbocycles. The third kappa shape index (κ3) is 11.0. The summed E-state index contributed by atoms with van der Waals surface area (Å²) in [5.41, 5.74) is 2.50. The van der Waals surface area contributed by atoms with Crippen LogP contribution in [0.1, 0.15) is 77.6 Å². The molecular formula is C38H40N8O6S4. The van der Waals surface area contributed by atoms with E-state index in [1.807, 2.05) is 37.3 Å². The predicted octanol–water partition coefficient (Wildman–Crippen LogP) is 8.97. The number of rotatable bonds is 11. The highest BCUT2D eigenvalue weighted by Gasteiger charge is 2.28. The summed E-state index contributed by atoms with van der Waals surface area (Å²) >= 11 is 3.71. The standard InChI is InChI=1S/C22H22N4O2S2.C16H18N4O4S2/c1-14-9-10-17(16(12-14)20(27)15-6-2-3-7-15)25-21(28)26-22-24-13-19(30-22)29-18-8-4-5-11-23-18;1-26(23,24)12-9-18-16(25-12)20-15(22)19-14-11(7-4-8-17-14)13(21)10-5-2-3-6-10/h4-5,8-13,15H,2-3,6-7H2,1H3,(H2,24,25,26,28);4,7-10H,2-3,5-6H2,1H3,(H2,17,18,19,20,22). The molecule has 0 saturated heterocycles. The van der Waals surface area contributed by atoms with E-state index in [1.54, 1.807) is 30.6 Å². The van der Waals surface area contributed by atoms with Gasteiger partial charge < -0.3 is 5.32 Å². The van der Waals surface area contributed by atoms with E-state index in [0.29, 0.717) is 21.9 Å². The summed E-state index contributed by atoms with van der Waals surface area (Å²) in [4.78, 5) is 66.8. The lowest BCUT2D eigenvalue weighted by atomic mass is 9.94. The molecule has 4 amide bonds. The minimum atomic E-state index is -3.38. The van der Waals surface area contributed by atoms with Crippen molar-refractivity contribution in [2.75, 3.05) is 27.5 Å². The minimum absolute atomic E-state index is 0.0143. The summed E-state index contributed by atoms with van der Waals surface area (Å²) in [6.45, 7) is 1.95. The van der Waals surface area contributed by atoms with Crippen LogP contribution in [0.2, 0.25) is 0 Å². The molecule has 14 nitrogen and oxygen atoms in total. The number of sulfone groups is 1. The highest BCUT2D eigenvalue weighted by Crippen LogP contribution is 2.34. The van der Waals surface area contributed by atoms with Crippen LogP contribution in [0.5, 0.6) is 0 Å². The number of amides is 4. The lowest BCUT2D eigenvalue weighted by molar-refractivity contribution is 0.0916. The molecule has 4 heterocycles. The van der Waals surface area contributed by atoms with Crippen molar-refractivity contribution in [2.45, 2.75) is 71.7 Å². The topological polar surface area (TPSA) is 202 Å². The molecule has 0 radical (unpaired) electrons. The van der Waals surface area contributed by atoms with Gasteiger partial charge in [0.1, 0.15) is 15.1 Å². The van der Waals surface area contributed by atoms with E-state index >= 15 is 0 Å². The number of nitrogens with zero attached hydrogens (tertiary/aromatic N) is 4. The van der Waals surface area contributed by atoms with Gasteiger partial charge in [-0.05, 0) is 69.0 Å². The number of hydrogen-bond donors (Lipinski definition) is 4. The van der Waals surface area contributed by atoms with Gasteiger partial charge in [0.15, 0.2) is 31.7 Å². The highest BCUT2D eigenvalue weighted by molar-refractivity contribution is 8.01. The number of urea groups is 2. The Balaban J connectivity index is 0.000000192. The molecule has 2 aliphatic rings. The zero-order valence-electron chi connectivity index (χ0n) is 30.6. The molecule has 2 saturated carbocycles. The van der Waals surface area contributed by atoms with Crippen LogP contribution in [-0.4, -0.2) is 58.2 Å². The lowest BCUT2D eigenvalue weighted by Crippen LogP contribution is -2.23. The Labute approximate surface area is 336 Å². The van der Waals surface area contributed by atoms with E-state index in [-0.39, 0.29) is 38.6 Å². The summed E-state index contributed by atoms with van der Waals surface area (Å²) in [5, 5.41) is 12.1. The Hall–Kier alpha value is -5.04. The molecule has 292 valence electrons. The number of benzene rings is 1. The number of nitrogens with one attached hydrogen (secondary N) is 4. The van der Waals surface area contributed by atoms with Crippen molar-refractivity contribution in [3.8, 4) is 0 Å². The van der Waals surface area contributed by atoms with E-state index in [2.05, 4.69) is 41.2 Å². The van der Waals surface area contributed by atoms with E-state index in [1.165, 1.54) is 35.5 Å². The maximum atomic E-state index is 12.9. The predicted molar refractivity (Wildman–Crippen MR) is 219 cm³/mol. The number of aromatic nitrogens is 4. The van der Waals surface area contributed by atoms with Gasteiger partial charge in [-0.2, -0.15) is 0 Å². The summed E-state index contributed by atoms with van der Waals surface area (Å²) in [5.74, 6) is 0.316. The van der Waals surface area contributed by atoms with Crippen LogP contribution in [0.3, 0.4) is 0 Å². The SMILES string of the molecule is CS(=O)(=O)c1cnc(NC(=O)Nc2ncccc2C(=O)C2CCCC2)s1.Cc1ccc(NC(=O)Nc2ncc(Sc3ccccn3)s2)c(C(=O)C2CCCC2)c1. The van der Waals surface area contributed by atoms with E-state index in [0.717, 1.165) is 83.8 Å². The summed E-state index contributed by atoms with van der Waals surface area (Å²) in [6.07, 6.45) is 15.0. The number of carbonyl (C=O) groups is 4. The van der Waals surface area contributed by atoms with Gasteiger partial charge in [0.05, 0.1) is 27.9 Å². The first-order valence-corrected chi connectivity index (χ1v) is 22.3. The van der Waals surface area contributed by atoms with Gasteiger partial charge in [0, 0.05) is 36.0 Å². The van der Waals surface area contributed by atoms with Crippen LogP contribution in [0.25, 0.3) is 0 Å². The molecule has 4 aromatic heterocycles. The fraction of sp³-hybridized carbons (Fsp3) is 0.316. The molecular weight excluding hydrogens is 793 g/mol. The van der Waals surface area contributed by atoms with Crippen LogP contribution < -0.4 is 21.3 Å². The Kier molecular flexibility index (Phi) is 13.6. The number of hydrogen-bond acceptors (Lipinski definition) is 13. The Morgan fingerprint density at radius 2 is 1.32 bits per heavy atom. The van der Waals surface area contributed by atoms with Crippen molar-refractivity contribution in [3.05, 3.63) is 90.0 Å². The van der Waals surface area contributed by atoms with Gasteiger partial charge in [-0.1, -0.05) is 77.8 Å². The Morgan fingerprint density at radius 1 is 0.696 bits per heavy atom. The fourth-order valence-corrected chi connectivity index (χ4v) is 9.75. The largest absolute Gasteiger partial charge is 0.326 e. The number of aryl methyl sites for hydroxylation is 1. The Morgan fingerprint density at radius 3 is 1.96 bits per heavy atom. The van der Waals surface area contributed by atoms with Crippen LogP contribution in [-0.2, 0) is 9.84 Å². The highest BCUT2D eigenvalue weighted by atomic mass is 32.2. The summed E-state index contributed by atoms with van der Waals surface area (Å²) in [7, 11) is -3.38. The van der Waals surface area contributed by atoms with Crippen molar-refractivity contribution < 1.29 is 27.6 Å². The van der Waals surface area contributed by atoms with Crippen molar-refractivity contribution in [1.29, 1.82) is 0 Å². The molecule has 4 N–H and O–H groups in total. The van der Waals surface area contributed by atoms with Crippen LogP contribution >= 0.6 is 34.4 Å². The first-order chi connectivity index (χ1) is 26.9. The molecule has 0 bridgehead atoms. The maximum Gasteiger partial charge on any atom is 0.326 e. The van der Waals surface area contributed by atoms with Crippen LogP contribution in [0, 0.1) is 18.8 Å². The van der Waals surface area contributed by atoms with E-state index < -0.39 is 21.9 Å². The number of anilines is 4. The maximum absolute atomic E-state index is 12.9. The average Bonchev–Trinajstić information content (AvgIpc) is 4.02. The van der Waals surface area contributed by atoms with Gasteiger partial charge in [0.2, 0.25) is 0 Å². The zero-order valence-corrected chi connectivity index (χ0v) is 33.9. The second-order valence-electron chi connectivity index (χ2n) is 13.3. The molecule has 2 aliphatic carbocycles. The minimum Gasteiger partial charge on any atom is -0.307 e. The monoisotopic (exact) mass is 832 g/mol. The molecule has 2 fully saturated rings. The number of thiazole rings is 2. The molecule has 0 spiro atoms. The average molecular weight is 833 g/mol. The van der Waals surface area contributed by atoms with Gasteiger partial charge in [-0.3, -0.25) is 25.5 Å². The van der Waals surface area contributed by atoms with Crippen molar-refractivity contribution in [2.24, 2.45) is 11.8 Å². The smallest absolute Gasteiger partial charge is 0.307 e. The molecule has 18 heteroatoms. The summed E-state index contributed by atoms with van der Waals surface area (Å²) in [6, 6.07) is 13.5. The molecule has 0 aliphatic heterocycles. The molecule has 7 rings (SSSR count). The summed E-state index contributed by atoms with van der Waals surface area (Å²) < 4.78 is 23.9. The van der Waals surface area contributed by atoms with Crippen molar-refractivity contribution >= 4 is 89.7 Å². The zero-order chi connectivity index (χ0) is 39.7. The van der Waals surface area contributed by atoms with Gasteiger partial charge in [-0.15, -0.1) is 0 Å². The quantitative estimate of drug-likeness (QED) is 0.0926. The third-order valence-electron chi connectivity index (χ3n) is 9.06. The lowest BCUT2D eigenvalue weighted by Gasteiger charge is -2.14.